The molecule has 24 heavy (non-hydrogen) atoms. The van der Waals surface area contributed by atoms with E-state index in [1.807, 2.05) is 25.1 Å². The standard InChI is InChI=1S/C18H25NO5/c1-3-24-15-9-8-12(10-16(15)23-2)11-19-17(20)13-6-4-5-7-14(13)18(21)22/h8-10,13-14H,3-7,11H2,1-2H3,(H,19,20)(H,21,22)/t13-,14+/m0/s1. The van der Waals surface area contributed by atoms with Crippen LogP contribution in [0.25, 0.3) is 0 Å². The fourth-order valence-corrected chi connectivity index (χ4v) is 3.16. The van der Waals surface area contributed by atoms with Crippen molar-refractivity contribution in [2.45, 2.75) is 39.2 Å². The first-order chi connectivity index (χ1) is 11.6. The third-order valence-corrected chi connectivity index (χ3v) is 4.41. The Balaban J connectivity index is 1.99. The average Bonchev–Trinajstić information content (AvgIpc) is 2.60. The van der Waals surface area contributed by atoms with Crippen LogP contribution in [0.4, 0.5) is 0 Å². The van der Waals surface area contributed by atoms with Crippen LogP contribution in [0.3, 0.4) is 0 Å². The number of carboxylic acids is 1. The quantitative estimate of drug-likeness (QED) is 0.800. The number of hydrogen-bond acceptors (Lipinski definition) is 4. The van der Waals surface area contributed by atoms with Crippen molar-refractivity contribution in [1.82, 2.24) is 5.32 Å². The lowest BCUT2D eigenvalue weighted by Gasteiger charge is -2.27. The minimum Gasteiger partial charge on any atom is -0.493 e. The second kappa shape index (κ2) is 8.57. The van der Waals surface area contributed by atoms with Crippen molar-refractivity contribution in [3.05, 3.63) is 23.8 Å². The number of nitrogens with one attached hydrogen (secondary N) is 1. The van der Waals surface area contributed by atoms with E-state index in [2.05, 4.69) is 5.32 Å². The van der Waals surface area contributed by atoms with Crippen molar-refractivity contribution in [2.75, 3.05) is 13.7 Å². The summed E-state index contributed by atoms with van der Waals surface area (Å²) in [5, 5.41) is 12.1. The number of methoxy groups -OCH3 is 1. The summed E-state index contributed by atoms with van der Waals surface area (Å²) < 4.78 is 10.8. The largest absolute Gasteiger partial charge is 0.493 e. The molecule has 6 heteroatoms. The molecular formula is C18H25NO5. The Morgan fingerprint density at radius 3 is 2.54 bits per heavy atom. The summed E-state index contributed by atoms with van der Waals surface area (Å²) >= 11 is 0. The number of ether oxygens (including phenoxy) is 2. The molecule has 6 nitrogen and oxygen atoms in total. The molecule has 0 heterocycles. The van der Waals surface area contributed by atoms with Gasteiger partial charge in [-0.15, -0.1) is 0 Å². The first-order valence-electron chi connectivity index (χ1n) is 8.37. The molecular weight excluding hydrogens is 310 g/mol. The summed E-state index contributed by atoms with van der Waals surface area (Å²) in [4.78, 5) is 23.7. The number of amides is 1. The van der Waals surface area contributed by atoms with Gasteiger partial charge < -0.3 is 19.9 Å². The van der Waals surface area contributed by atoms with E-state index in [4.69, 9.17) is 9.47 Å². The number of carbonyl (C=O) groups excluding carboxylic acids is 1. The summed E-state index contributed by atoms with van der Waals surface area (Å²) in [6, 6.07) is 5.49. The molecule has 2 N–H and O–H groups in total. The number of rotatable bonds is 7. The predicted octanol–water partition coefficient (Wildman–Crippen LogP) is 2.60. The number of carboxylic acid groups (broad SMARTS) is 1. The second-order valence-corrected chi connectivity index (χ2v) is 5.97. The molecule has 0 radical (unpaired) electrons. The van der Waals surface area contributed by atoms with Crippen LogP contribution >= 0.6 is 0 Å². The van der Waals surface area contributed by atoms with E-state index in [1.54, 1.807) is 7.11 Å². The van der Waals surface area contributed by atoms with Gasteiger partial charge in [0.25, 0.3) is 0 Å². The van der Waals surface area contributed by atoms with Gasteiger partial charge in [-0.2, -0.15) is 0 Å². The number of hydrogen-bond donors (Lipinski definition) is 2. The zero-order valence-corrected chi connectivity index (χ0v) is 14.2. The Hall–Kier alpha value is -2.24. The maximum atomic E-state index is 12.4. The highest BCUT2D eigenvalue weighted by molar-refractivity contribution is 5.84. The SMILES string of the molecule is CCOc1ccc(CNC(=O)[C@H]2CCCC[C@H]2C(=O)O)cc1OC. The van der Waals surface area contributed by atoms with Crippen LogP contribution in [-0.4, -0.2) is 30.7 Å². The summed E-state index contributed by atoms with van der Waals surface area (Å²) in [5.41, 5.74) is 0.881. The van der Waals surface area contributed by atoms with Crippen LogP contribution in [0, 0.1) is 11.8 Å². The van der Waals surface area contributed by atoms with Gasteiger partial charge in [0.2, 0.25) is 5.91 Å². The highest BCUT2D eigenvalue weighted by Crippen LogP contribution is 2.31. The zero-order chi connectivity index (χ0) is 17.5. The van der Waals surface area contributed by atoms with Crippen molar-refractivity contribution < 1.29 is 24.2 Å². The van der Waals surface area contributed by atoms with E-state index in [0.29, 0.717) is 37.5 Å². The summed E-state index contributed by atoms with van der Waals surface area (Å²) in [6.45, 7) is 2.78. The van der Waals surface area contributed by atoms with E-state index < -0.39 is 17.8 Å². The lowest BCUT2D eigenvalue weighted by atomic mass is 9.78. The molecule has 2 rings (SSSR count). The van der Waals surface area contributed by atoms with E-state index in [1.165, 1.54) is 0 Å². The van der Waals surface area contributed by atoms with Gasteiger partial charge in [-0.3, -0.25) is 9.59 Å². The molecule has 0 saturated heterocycles. The summed E-state index contributed by atoms with van der Waals surface area (Å²) in [7, 11) is 1.57. The Bertz CT molecular complexity index is 587. The highest BCUT2D eigenvalue weighted by atomic mass is 16.5. The van der Waals surface area contributed by atoms with Crippen molar-refractivity contribution >= 4 is 11.9 Å². The maximum absolute atomic E-state index is 12.4. The first kappa shape index (κ1) is 18.1. The van der Waals surface area contributed by atoms with Gasteiger partial charge >= 0.3 is 5.97 Å². The lowest BCUT2D eigenvalue weighted by Crippen LogP contribution is -2.39. The van der Waals surface area contributed by atoms with Crippen molar-refractivity contribution in [2.24, 2.45) is 11.8 Å². The third-order valence-electron chi connectivity index (χ3n) is 4.41. The molecule has 132 valence electrons. The number of benzene rings is 1. The second-order valence-electron chi connectivity index (χ2n) is 5.97. The number of aliphatic carboxylic acids is 1. The van der Waals surface area contributed by atoms with Crippen molar-refractivity contribution in [3.63, 3.8) is 0 Å². The molecule has 0 aliphatic heterocycles. The monoisotopic (exact) mass is 335 g/mol. The molecule has 1 aromatic carbocycles. The Kier molecular flexibility index (Phi) is 6.46. The molecule has 0 bridgehead atoms. The first-order valence-corrected chi connectivity index (χ1v) is 8.37. The molecule has 1 saturated carbocycles. The van der Waals surface area contributed by atoms with Gasteiger partial charge in [0, 0.05) is 6.54 Å². The molecule has 0 aromatic heterocycles. The van der Waals surface area contributed by atoms with Gasteiger partial charge in [-0.1, -0.05) is 18.9 Å². The minimum atomic E-state index is -0.877. The topological polar surface area (TPSA) is 84.9 Å². The van der Waals surface area contributed by atoms with E-state index in [0.717, 1.165) is 18.4 Å². The predicted molar refractivity (Wildman–Crippen MR) is 89.1 cm³/mol. The van der Waals surface area contributed by atoms with E-state index in [9.17, 15) is 14.7 Å². The van der Waals surface area contributed by atoms with Crippen LogP contribution in [-0.2, 0) is 16.1 Å². The van der Waals surface area contributed by atoms with Crippen molar-refractivity contribution in [3.8, 4) is 11.5 Å². The molecule has 1 fully saturated rings. The molecule has 0 spiro atoms. The molecule has 1 aliphatic rings. The van der Waals surface area contributed by atoms with Crippen LogP contribution in [0.1, 0.15) is 38.2 Å². The van der Waals surface area contributed by atoms with Gasteiger partial charge in [0.05, 0.1) is 25.6 Å². The van der Waals surface area contributed by atoms with Gasteiger partial charge in [-0.05, 0) is 37.5 Å². The number of carbonyl (C=O) groups is 2. The maximum Gasteiger partial charge on any atom is 0.307 e. The minimum absolute atomic E-state index is 0.185. The molecule has 1 aromatic rings. The van der Waals surface area contributed by atoms with E-state index >= 15 is 0 Å². The average molecular weight is 335 g/mol. The fraction of sp³-hybridized carbons (Fsp3) is 0.556. The third kappa shape index (κ3) is 4.40. The molecule has 1 aliphatic carbocycles. The van der Waals surface area contributed by atoms with E-state index in [-0.39, 0.29) is 5.91 Å². The van der Waals surface area contributed by atoms with Crippen molar-refractivity contribution in [1.29, 1.82) is 0 Å². The molecule has 1 amide bonds. The van der Waals surface area contributed by atoms with Crippen LogP contribution in [0.15, 0.2) is 18.2 Å². The van der Waals surface area contributed by atoms with Gasteiger partial charge in [-0.25, -0.2) is 0 Å². The Labute approximate surface area is 142 Å². The summed E-state index contributed by atoms with van der Waals surface area (Å²) in [6.07, 6.45) is 2.98. The van der Waals surface area contributed by atoms with Crippen LogP contribution in [0.2, 0.25) is 0 Å². The van der Waals surface area contributed by atoms with Gasteiger partial charge in [0.15, 0.2) is 11.5 Å². The zero-order valence-electron chi connectivity index (χ0n) is 14.2. The Morgan fingerprint density at radius 2 is 1.92 bits per heavy atom. The lowest BCUT2D eigenvalue weighted by molar-refractivity contribution is -0.148. The van der Waals surface area contributed by atoms with Gasteiger partial charge in [0.1, 0.15) is 0 Å². The summed E-state index contributed by atoms with van der Waals surface area (Å²) in [5.74, 6) is -0.806. The Morgan fingerprint density at radius 1 is 1.21 bits per heavy atom. The molecule has 2 atom stereocenters. The smallest absolute Gasteiger partial charge is 0.307 e. The van der Waals surface area contributed by atoms with Crippen LogP contribution in [0.5, 0.6) is 11.5 Å². The van der Waals surface area contributed by atoms with Crippen LogP contribution < -0.4 is 14.8 Å². The normalized spacial score (nSPS) is 20.2. The fourth-order valence-electron chi connectivity index (χ4n) is 3.16. The molecule has 0 unspecified atom stereocenters. The highest BCUT2D eigenvalue weighted by Gasteiger charge is 2.35.